The third kappa shape index (κ3) is 6.52. The van der Waals surface area contributed by atoms with Gasteiger partial charge in [0.25, 0.3) is 0 Å². The molecule has 1 aliphatic heterocycles. The van der Waals surface area contributed by atoms with E-state index in [1.54, 1.807) is 7.11 Å². The highest BCUT2D eigenvalue weighted by Crippen LogP contribution is 2.21. The lowest BCUT2D eigenvalue weighted by atomic mass is 10.1. The van der Waals surface area contributed by atoms with Crippen molar-refractivity contribution in [2.75, 3.05) is 20.3 Å². The highest BCUT2D eigenvalue weighted by molar-refractivity contribution is 5.95. The van der Waals surface area contributed by atoms with Crippen LogP contribution in [0.5, 0.6) is 5.75 Å². The van der Waals surface area contributed by atoms with E-state index in [0.29, 0.717) is 19.6 Å². The number of hydrogen-bond acceptors (Lipinski definition) is 7. The summed E-state index contributed by atoms with van der Waals surface area (Å²) in [6.07, 6.45) is 3.24. The standard InChI is InChI=1S/C23H28O7/c1-26-12-7-10-19(24)23-22(29-15-17-8-3-2-4-9-17)20(25)14-18(30-23)16-28-21-11-5-6-13-27-21/h2-4,8-9,14,21H,5-7,10-13,15-16H2,1H3. The summed E-state index contributed by atoms with van der Waals surface area (Å²) >= 11 is 0. The van der Waals surface area contributed by atoms with Gasteiger partial charge < -0.3 is 23.4 Å². The topological polar surface area (TPSA) is 84.2 Å². The van der Waals surface area contributed by atoms with Crippen LogP contribution < -0.4 is 10.2 Å². The fourth-order valence-corrected chi connectivity index (χ4v) is 3.16. The number of hydrogen-bond donors (Lipinski definition) is 0. The molecule has 0 aliphatic carbocycles. The van der Waals surface area contributed by atoms with Crippen molar-refractivity contribution in [3.05, 3.63) is 63.7 Å². The predicted molar refractivity (Wildman–Crippen MR) is 110 cm³/mol. The Bertz CT molecular complexity index is 854. The number of methoxy groups -OCH3 is 1. The highest BCUT2D eigenvalue weighted by atomic mass is 16.7. The molecule has 2 heterocycles. The van der Waals surface area contributed by atoms with Gasteiger partial charge in [0.2, 0.25) is 22.7 Å². The SMILES string of the molecule is COCCCC(=O)c1oc(COC2CCCCO2)cc(=O)c1OCc1ccccc1. The Morgan fingerprint density at radius 1 is 1.17 bits per heavy atom. The average Bonchev–Trinajstić information content (AvgIpc) is 2.78. The molecule has 1 atom stereocenters. The molecule has 30 heavy (non-hydrogen) atoms. The van der Waals surface area contributed by atoms with Crippen LogP contribution >= 0.6 is 0 Å². The number of Topliss-reactive ketones (excluding diaryl/α,β-unsaturated/α-hetero) is 1. The third-order valence-electron chi connectivity index (χ3n) is 4.74. The molecule has 3 rings (SSSR count). The molecule has 0 N–H and O–H groups in total. The van der Waals surface area contributed by atoms with E-state index in [4.69, 9.17) is 23.4 Å². The molecule has 7 heteroatoms. The smallest absolute Gasteiger partial charge is 0.227 e. The zero-order chi connectivity index (χ0) is 21.2. The first-order chi connectivity index (χ1) is 14.7. The molecule has 0 spiro atoms. The van der Waals surface area contributed by atoms with Crippen molar-refractivity contribution in [3.63, 3.8) is 0 Å². The number of ether oxygens (including phenoxy) is 4. The summed E-state index contributed by atoms with van der Waals surface area (Å²) in [5, 5.41) is 0. The van der Waals surface area contributed by atoms with E-state index in [9.17, 15) is 9.59 Å². The molecule has 0 radical (unpaired) electrons. The summed E-state index contributed by atoms with van der Waals surface area (Å²) in [4.78, 5) is 25.4. The largest absolute Gasteiger partial charge is 0.481 e. The molecule has 1 unspecified atom stereocenters. The minimum Gasteiger partial charge on any atom is -0.481 e. The second-order valence-corrected chi connectivity index (χ2v) is 7.14. The van der Waals surface area contributed by atoms with Gasteiger partial charge in [0.15, 0.2) is 6.29 Å². The van der Waals surface area contributed by atoms with E-state index in [2.05, 4.69) is 0 Å². The minimum absolute atomic E-state index is 0.0528. The Balaban J connectivity index is 1.76. The van der Waals surface area contributed by atoms with Gasteiger partial charge in [-0.3, -0.25) is 9.59 Å². The Labute approximate surface area is 175 Å². The van der Waals surface area contributed by atoms with Crippen LogP contribution in [0.3, 0.4) is 0 Å². The molecule has 0 amide bonds. The molecule has 0 bridgehead atoms. The first kappa shape index (κ1) is 22.2. The lowest BCUT2D eigenvalue weighted by Gasteiger charge is -2.22. The molecule has 2 aromatic rings. The van der Waals surface area contributed by atoms with Crippen molar-refractivity contribution in [1.29, 1.82) is 0 Å². The Morgan fingerprint density at radius 3 is 2.73 bits per heavy atom. The van der Waals surface area contributed by atoms with Crippen molar-refractivity contribution in [1.82, 2.24) is 0 Å². The normalized spacial score (nSPS) is 16.4. The van der Waals surface area contributed by atoms with Crippen LogP contribution in [0.1, 0.15) is 54.0 Å². The average molecular weight is 416 g/mol. The van der Waals surface area contributed by atoms with Crippen LogP contribution in [0.4, 0.5) is 0 Å². The van der Waals surface area contributed by atoms with Crippen LogP contribution in [0.25, 0.3) is 0 Å². The molecular weight excluding hydrogens is 388 g/mol. The Hall–Kier alpha value is -2.48. The van der Waals surface area contributed by atoms with E-state index in [1.807, 2.05) is 30.3 Å². The van der Waals surface area contributed by atoms with Crippen LogP contribution in [-0.4, -0.2) is 32.4 Å². The van der Waals surface area contributed by atoms with E-state index < -0.39 is 5.43 Å². The second-order valence-electron chi connectivity index (χ2n) is 7.14. The summed E-state index contributed by atoms with van der Waals surface area (Å²) in [6, 6.07) is 10.7. The van der Waals surface area contributed by atoms with Crippen molar-refractivity contribution in [2.45, 2.75) is 51.6 Å². The molecule has 7 nitrogen and oxygen atoms in total. The van der Waals surface area contributed by atoms with Crippen LogP contribution in [-0.2, 0) is 27.4 Å². The van der Waals surface area contributed by atoms with Gasteiger partial charge in [0, 0.05) is 32.8 Å². The summed E-state index contributed by atoms with van der Waals surface area (Å²) < 4.78 is 27.7. The molecule has 1 aliphatic rings. The highest BCUT2D eigenvalue weighted by Gasteiger charge is 2.22. The first-order valence-electron chi connectivity index (χ1n) is 10.3. The van der Waals surface area contributed by atoms with Gasteiger partial charge >= 0.3 is 0 Å². The van der Waals surface area contributed by atoms with Gasteiger partial charge in [-0.15, -0.1) is 0 Å². The predicted octanol–water partition coefficient (Wildman–Crippen LogP) is 3.87. The maximum absolute atomic E-state index is 12.7. The maximum atomic E-state index is 12.7. The van der Waals surface area contributed by atoms with Crippen molar-refractivity contribution in [3.8, 4) is 5.75 Å². The monoisotopic (exact) mass is 416 g/mol. The summed E-state index contributed by atoms with van der Waals surface area (Å²) in [7, 11) is 1.57. The maximum Gasteiger partial charge on any atom is 0.227 e. The van der Waals surface area contributed by atoms with E-state index in [-0.39, 0.29) is 49.0 Å². The van der Waals surface area contributed by atoms with Gasteiger partial charge in [0.05, 0.1) is 0 Å². The van der Waals surface area contributed by atoms with Gasteiger partial charge in [-0.1, -0.05) is 30.3 Å². The van der Waals surface area contributed by atoms with Gasteiger partial charge in [-0.25, -0.2) is 0 Å². The molecule has 1 aromatic heterocycles. The zero-order valence-corrected chi connectivity index (χ0v) is 17.3. The number of carbonyl (C=O) groups is 1. The summed E-state index contributed by atoms with van der Waals surface area (Å²) in [5.74, 6) is -0.170. The molecule has 0 saturated carbocycles. The van der Waals surface area contributed by atoms with E-state index in [1.165, 1.54) is 6.07 Å². The quantitative estimate of drug-likeness (QED) is 0.406. The first-order valence-corrected chi connectivity index (χ1v) is 10.3. The van der Waals surface area contributed by atoms with Gasteiger partial charge in [-0.2, -0.15) is 0 Å². The molecule has 1 saturated heterocycles. The fourth-order valence-electron chi connectivity index (χ4n) is 3.16. The Kier molecular flexibility index (Phi) is 8.62. The van der Waals surface area contributed by atoms with Crippen molar-refractivity contribution < 1.29 is 28.2 Å². The molecule has 162 valence electrons. The van der Waals surface area contributed by atoms with Crippen LogP contribution in [0, 0.1) is 0 Å². The summed E-state index contributed by atoms with van der Waals surface area (Å²) in [6.45, 7) is 1.31. The van der Waals surface area contributed by atoms with E-state index >= 15 is 0 Å². The van der Waals surface area contributed by atoms with Crippen molar-refractivity contribution in [2.24, 2.45) is 0 Å². The second kappa shape index (κ2) is 11.6. The molecular formula is C23H28O7. The number of rotatable bonds is 11. The summed E-state index contributed by atoms with van der Waals surface area (Å²) in [5.41, 5.74) is 0.479. The van der Waals surface area contributed by atoms with Gasteiger partial charge in [-0.05, 0) is 31.2 Å². The number of carbonyl (C=O) groups excluding carboxylic acids is 1. The minimum atomic E-state index is -0.407. The lowest BCUT2D eigenvalue weighted by Crippen LogP contribution is -2.22. The third-order valence-corrected chi connectivity index (χ3v) is 4.74. The van der Waals surface area contributed by atoms with Crippen LogP contribution in [0.2, 0.25) is 0 Å². The molecule has 1 fully saturated rings. The van der Waals surface area contributed by atoms with Crippen molar-refractivity contribution >= 4 is 5.78 Å². The van der Waals surface area contributed by atoms with Crippen LogP contribution in [0.15, 0.2) is 45.6 Å². The lowest BCUT2D eigenvalue weighted by molar-refractivity contribution is -0.171. The number of benzene rings is 1. The Morgan fingerprint density at radius 2 is 2.00 bits per heavy atom. The molecule has 1 aromatic carbocycles. The zero-order valence-electron chi connectivity index (χ0n) is 17.3. The van der Waals surface area contributed by atoms with Gasteiger partial charge in [0.1, 0.15) is 19.0 Å². The fraction of sp³-hybridized carbons (Fsp3) is 0.478. The number of ketones is 1. The van der Waals surface area contributed by atoms with E-state index in [0.717, 1.165) is 24.8 Å².